The Labute approximate surface area is 121 Å². The molecule has 0 aromatic heterocycles. The molecular weight excluding hydrogens is 281 g/mol. The Bertz CT molecular complexity index is 586. The minimum Gasteiger partial charge on any atom is -0.345 e. The maximum absolute atomic E-state index is 14.3. The Morgan fingerprint density at radius 3 is 2.52 bits per heavy atom. The van der Waals surface area contributed by atoms with Crippen LogP contribution in [0.4, 0.5) is 13.2 Å². The third-order valence-corrected chi connectivity index (χ3v) is 3.40. The van der Waals surface area contributed by atoms with E-state index in [0.717, 1.165) is 6.07 Å². The molecule has 114 valence electrons. The van der Waals surface area contributed by atoms with Crippen molar-refractivity contribution in [2.24, 2.45) is 0 Å². The molecule has 3 nitrogen and oxygen atoms in total. The number of aryl methyl sites for hydroxylation is 1. The zero-order chi connectivity index (χ0) is 15.8. The van der Waals surface area contributed by atoms with Gasteiger partial charge in [0.2, 0.25) is 0 Å². The Morgan fingerprint density at radius 1 is 1.33 bits per heavy atom. The monoisotopic (exact) mass is 298 g/mol. The number of amides is 1. The third kappa shape index (κ3) is 2.95. The van der Waals surface area contributed by atoms with Crippen molar-refractivity contribution in [2.45, 2.75) is 12.8 Å². The van der Waals surface area contributed by atoms with Crippen LogP contribution in [0.15, 0.2) is 18.2 Å². The van der Waals surface area contributed by atoms with Gasteiger partial charge in [-0.3, -0.25) is 4.79 Å². The van der Waals surface area contributed by atoms with E-state index in [9.17, 15) is 18.0 Å². The van der Waals surface area contributed by atoms with E-state index in [1.807, 2.05) is 0 Å². The normalized spacial score (nSPS) is 17.3. The summed E-state index contributed by atoms with van der Waals surface area (Å²) in [6.45, 7) is 1.28. The molecule has 1 heterocycles. The molecule has 21 heavy (non-hydrogen) atoms. The van der Waals surface area contributed by atoms with Crippen LogP contribution in [0.3, 0.4) is 0 Å². The molecule has 0 saturated carbocycles. The summed E-state index contributed by atoms with van der Waals surface area (Å²) in [4.78, 5) is 13.2. The lowest BCUT2D eigenvalue weighted by molar-refractivity contribution is 0.0632. The highest BCUT2D eigenvalue weighted by Crippen LogP contribution is 2.37. The molecule has 6 heteroatoms. The number of hydrogen-bond acceptors (Lipinski definition) is 2. The van der Waals surface area contributed by atoms with E-state index in [1.165, 1.54) is 24.0 Å². The first-order valence-electron chi connectivity index (χ1n) is 6.55. The van der Waals surface area contributed by atoms with Gasteiger partial charge in [-0.05, 0) is 24.6 Å². The molecule has 1 aliphatic heterocycles. The second-order valence-electron chi connectivity index (χ2n) is 5.30. The highest BCUT2D eigenvalue weighted by molar-refractivity contribution is 5.94. The van der Waals surface area contributed by atoms with E-state index in [4.69, 9.17) is 0 Å². The summed E-state index contributed by atoms with van der Waals surface area (Å²) in [5.41, 5.74) is 0.0431. The fraction of sp³-hybridized carbons (Fsp3) is 0.400. The van der Waals surface area contributed by atoms with Crippen LogP contribution in [0, 0.1) is 12.7 Å². The first kappa shape index (κ1) is 15.6. The number of benzene rings is 1. The molecule has 0 saturated heterocycles. The summed E-state index contributed by atoms with van der Waals surface area (Å²) in [5.74, 6) is -4.29. The van der Waals surface area contributed by atoms with E-state index in [2.05, 4.69) is 5.32 Å². The highest BCUT2D eigenvalue weighted by atomic mass is 19.3. The lowest BCUT2D eigenvalue weighted by Gasteiger charge is -2.26. The Hall–Kier alpha value is -1.82. The van der Waals surface area contributed by atoms with Gasteiger partial charge in [-0.25, -0.2) is 4.39 Å². The molecule has 0 aliphatic carbocycles. The molecule has 0 unspecified atom stereocenters. The maximum atomic E-state index is 14.3. The predicted molar refractivity (Wildman–Crippen MR) is 74.9 cm³/mol. The van der Waals surface area contributed by atoms with E-state index in [1.54, 1.807) is 14.1 Å². The zero-order valence-corrected chi connectivity index (χ0v) is 12.1. The van der Waals surface area contributed by atoms with Crippen molar-refractivity contribution >= 4 is 11.5 Å². The van der Waals surface area contributed by atoms with Gasteiger partial charge in [0.25, 0.3) is 11.8 Å². The van der Waals surface area contributed by atoms with Gasteiger partial charge in [-0.2, -0.15) is 8.78 Å². The van der Waals surface area contributed by atoms with Crippen LogP contribution < -0.4 is 5.32 Å². The van der Waals surface area contributed by atoms with E-state index >= 15 is 0 Å². The van der Waals surface area contributed by atoms with Crippen LogP contribution in [0.5, 0.6) is 0 Å². The molecule has 1 aromatic rings. The van der Waals surface area contributed by atoms with Crippen molar-refractivity contribution in [1.29, 1.82) is 0 Å². The highest BCUT2D eigenvalue weighted by Gasteiger charge is 2.38. The van der Waals surface area contributed by atoms with Crippen LogP contribution in [-0.4, -0.2) is 43.9 Å². The van der Waals surface area contributed by atoms with Gasteiger partial charge in [-0.1, -0.05) is 6.08 Å². The molecule has 0 fully saturated rings. The van der Waals surface area contributed by atoms with Crippen molar-refractivity contribution in [3.05, 3.63) is 40.7 Å². The molecule has 0 spiro atoms. The summed E-state index contributed by atoms with van der Waals surface area (Å²) >= 11 is 0. The Morgan fingerprint density at radius 2 is 2.00 bits per heavy atom. The fourth-order valence-corrected chi connectivity index (χ4v) is 2.40. The van der Waals surface area contributed by atoms with Crippen molar-refractivity contribution < 1.29 is 18.0 Å². The molecule has 1 aromatic carbocycles. The second-order valence-corrected chi connectivity index (χ2v) is 5.30. The average molecular weight is 298 g/mol. The van der Waals surface area contributed by atoms with E-state index < -0.39 is 18.3 Å². The van der Waals surface area contributed by atoms with Crippen LogP contribution in [0.2, 0.25) is 0 Å². The molecule has 1 aliphatic rings. The number of hydrogen-bond donors (Lipinski definition) is 1. The number of rotatable bonds is 2. The molecule has 1 amide bonds. The van der Waals surface area contributed by atoms with E-state index in [-0.39, 0.29) is 29.2 Å². The summed E-state index contributed by atoms with van der Waals surface area (Å²) in [7, 11) is 3.10. The maximum Gasteiger partial charge on any atom is 0.285 e. The third-order valence-electron chi connectivity index (χ3n) is 3.40. The summed E-state index contributed by atoms with van der Waals surface area (Å²) < 4.78 is 42.2. The average Bonchev–Trinajstić information content (AvgIpc) is 2.38. The number of nitrogens with one attached hydrogen (secondary N) is 1. The van der Waals surface area contributed by atoms with Gasteiger partial charge in [0.05, 0.1) is 6.54 Å². The number of alkyl halides is 2. The molecule has 2 rings (SSSR count). The summed E-state index contributed by atoms with van der Waals surface area (Å²) in [5, 5.41) is 2.55. The smallest absolute Gasteiger partial charge is 0.285 e. The van der Waals surface area contributed by atoms with Gasteiger partial charge in [0.15, 0.2) is 0 Å². The lowest BCUT2D eigenvalue weighted by atomic mass is 9.91. The SMILES string of the molecule is Cc1cc(C(=O)N(C)C)cc(F)c1C1=CCNCC1(F)F. The van der Waals surface area contributed by atoms with Gasteiger partial charge < -0.3 is 10.2 Å². The van der Waals surface area contributed by atoms with Crippen molar-refractivity contribution in [2.75, 3.05) is 27.2 Å². The summed E-state index contributed by atoms with van der Waals surface area (Å²) in [6.07, 6.45) is 1.29. The van der Waals surface area contributed by atoms with Crippen molar-refractivity contribution in [1.82, 2.24) is 10.2 Å². The molecular formula is C15H17F3N2O. The van der Waals surface area contributed by atoms with Crippen LogP contribution in [-0.2, 0) is 0 Å². The van der Waals surface area contributed by atoms with E-state index in [0.29, 0.717) is 5.56 Å². The van der Waals surface area contributed by atoms with Gasteiger partial charge in [0, 0.05) is 37.3 Å². The zero-order valence-electron chi connectivity index (χ0n) is 12.1. The fourth-order valence-electron chi connectivity index (χ4n) is 2.40. The van der Waals surface area contributed by atoms with Crippen LogP contribution >= 0.6 is 0 Å². The van der Waals surface area contributed by atoms with Crippen molar-refractivity contribution in [3.63, 3.8) is 0 Å². The van der Waals surface area contributed by atoms with Crippen molar-refractivity contribution in [3.8, 4) is 0 Å². The minimum absolute atomic E-state index is 0.114. The van der Waals surface area contributed by atoms with Gasteiger partial charge >= 0.3 is 0 Å². The Balaban J connectivity index is 2.52. The minimum atomic E-state index is -3.13. The summed E-state index contributed by atoms with van der Waals surface area (Å²) in [6, 6.07) is 2.46. The molecule has 0 bridgehead atoms. The van der Waals surface area contributed by atoms with Crippen LogP contribution in [0.25, 0.3) is 5.57 Å². The predicted octanol–water partition coefficient (Wildman–Crippen LogP) is 2.46. The second kappa shape index (κ2) is 5.52. The van der Waals surface area contributed by atoms with Gasteiger partial charge in [0.1, 0.15) is 5.82 Å². The molecule has 0 radical (unpaired) electrons. The molecule has 0 atom stereocenters. The number of carbonyl (C=O) groups excluding carboxylic acids is 1. The number of carbonyl (C=O) groups is 1. The van der Waals surface area contributed by atoms with Crippen LogP contribution in [0.1, 0.15) is 21.5 Å². The molecule has 1 N–H and O–H groups in total. The first-order valence-corrected chi connectivity index (χ1v) is 6.55. The number of nitrogens with zero attached hydrogens (tertiary/aromatic N) is 1. The Kier molecular flexibility index (Phi) is 4.09. The quantitative estimate of drug-likeness (QED) is 0.909. The first-order chi connectivity index (χ1) is 9.74. The lowest BCUT2D eigenvalue weighted by Crippen LogP contribution is -2.38. The topological polar surface area (TPSA) is 32.3 Å². The van der Waals surface area contributed by atoms with Gasteiger partial charge in [-0.15, -0.1) is 0 Å². The number of halogens is 3. The standard InChI is InChI=1S/C15H17F3N2O/c1-9-6-10(14(21)20(2)3)7-12(16)13(9)11-4-5-19-8-15(11,17)18/h4,6-7,19H,5,8H2,1-3H3. The largest absolute Gasteiger partial charge is 0.345 e.